The number of hydrazone groups is 1. The minimum absolute atomic E-state index is 0.0419. The number of amides is 2. The van der Waals surface area contributed by atoms with E-state index in [1.807, 2.05) is 0 Å². The molecule has 0 radical (unpaired) electrons. The van der Waals surface area contributed by atoms with E-state index in [0.717, 1.165) is 0 Å². The lowest BCUT2D eigenvalue weighted by Crippen LogP contribution is -2.32. The van der Waals surface area contributed by atoms with Gasteiger partial charge in [-0.2, -0.15) is 5.10 Å². The fourth-order valence-electron chi connectivity index (χ4n) is 3.14. The SMILES string of the molecule is COc1cccc(/C=N/NC(=O)/C(=C/c2ccc3c(c2)OCO3)NC(=O)c2ccccc2)c1O. The minimum Gasteiger partial charge on any atom is -0.504 e. The van der Waals surface area contributed by atoms with E-state index in [9.17, 15) is 14.7 Å². The van der Waals surface area contributed by atoms with Gasteiger partial charge in [0.25, 0.3) is 11.8 Å². The van der Waals surface area contributed by atoms with Crippen molar-refractivity contribution in [1.29, 1.82) is 0 Å². The molecule has 3 aromatic rings. The van der Waals surface area contributed by atoms with Gasteiger partial charge in [0.1, 0.15) is 5.70 Å². The Balaban J connectivity index is 1.57. The Bertz CT molecular complexity index is 1270. The highest BCUT2D eigenvalue weighted by Crippen LogP contribution is 2.33. The third kappa shape index (κ3) is 5.16. The van der Waals surface area contributed by atoms with Crippen molar-refractivity contribution in [2.45, 2.75) is 0 Å². The highest BCUT2D eigenvalue weighted by molar-refractivity contribution is 6.05. The number of carbonyl (C=O) groups is 2. The molecule has 1 aliphatic heterocycles. The van der Waals surface area contributed by atoms with Gasteiger partial charge in [0.2, 0.25) is 6.79 Å². The molecule has 0 saturated carbocycles. The molecular formula is C25H21N3O6. The van der Waals surface area contributed by atoms with Gasteiger partial charge in [0, 0.05) is 11.1 Å². The van der Waals surface area contributed by atoms with Crippen LogP contribution in [0.4, 0.5) is 0 Å². The van der Waals surface area contributed by atoms with Crippen LogP contribution in [0.3, 0.4) is 0 Å². The summed E-state index contributed by atoms with van der Waals surface area (Å²) < 4.78 is 15.7. The Kier molecular flexibility index (Phi) is 6.73. The lowest BCUT2D eigenvalue weighted by atomic mass is 10.1. The van der Waals surface area contributed by atoms with Crippen LogP contribution in [0.1, 0.15) is 21.5 Å². The van der Waals surface area contributed by atoms with Gasteiger partial charge < -0.3 is 24.6 Å². The van der Waals surface area contributed by atoms with Gasteiger partial charge in [0.05, 0.1) is 13.3 Å². The first-order valence-corrected chi connectivity index (χ1v) is 10.2. The van der Waals surface area contributed by atoms with Gasteiger partial charge >= 0.3 is 0 Å². The van der Waals surface area contributed by atoms with Gasteiger partial charge in [-0.1, -0.05) is 30.3 Å². The molecule has 3 aromatic carbocycles. The zero-order valence-corrected chi connectivity index (χ0v) is 18.1. The van der Waals surface area contributed by atoms with E-state index in [4.69, 9.17) is 14.2 Å². The van der Waals surface area contributed by atoms with Crippen molar-refractivity contribution in [2.24, 2.45) is 5.10 Å². The minimum atomic E-state index is -0.666. The molecule has 1 aliphatic rings. The van der Waals surface area contributed by atoms with Crippen molar-refractivity contribution in [3.63, 3.8) is 0 Å². The van der Waals surface area contributed by atoms with E-state index in [2.05, 4.69) is 15.8 Å². The predicted molar refractivity (Wildman–Crippen MR) is 125 cm³/mol. The molecule has 2 amide bonds. The van der Waals surface area contributed by atoms with Crippen LogP contribution in [0.2, 0.25) is 0 Å². The molecule has 4 rings (SSSR count). The number of aromatic hydroxyl groups is 1. The van der Waals surface area contributed by atoms with Crippen molar-refractivity contribution in [3.8, 4) is 23.0 Å². The second kappa shape index (κ2) is 10.2. The molecule has 1 heterocycles. The molecule has 0 bridgehead atoms. The number of ether oxygens (including phenoxy) is 3. The third-order valence-electron chi connectivity index (χ3n) is 4.86. The predicted octanol–water partition coefficient (Wildman–Crippen LogP) is 3.05. The molecule has 9 heteroatoms. The van der Waals surface area contributed by atoms with E-state index < -0.39 is 11.8 Å². The number of benzene rings is 3. The van der Waals surface area contributed by atoms with Crippen LogP contribution in [-0.4, -0.2) is 37.0 Å². The maximum absolute atomic E-state index is 12.9. The normalized spacial score (nSPS) is 12.4. The second-order valence-corrected chi connectivity index (χ2v) is 7.09. The van der Waals surface area contributed by atoms with E-state index in [1.165, 1.54) is 19.4 Å². The summed E-state index contributed by atoms with van der Waals surface area (Å²) in [5, 5.41) is 16.7. The molecule has 0 spiro atoms. The standard InChI is InChI=1S/C25H21N3O6/c1-32-21-9-5-8-18(23(21)29)14-26-28-25(31)19(27-24(30)17-6-3-2-4-7-17)12-16-10-11-20-22(13-16)34-15-33-20/h2-14,29H,15H2,1H3,(H,27,30)(H,28,31)/b19-12-,26-14+. The van der Waals surface area contributed by atoms with Gasteiger partial charge in [-0.3, -0.25) is 9.59 Å². The van der Waals surface area contributed by atoms with Crippen LogP contribution < -0.4 is 25.0 Å². The van der Waals surface area contributed by atoms with Crippen molar-refractivity contribution >= 4 is 24.1 Å². The van der Waals surface area contributed by atoms with Crippen LogP contribution in [0, 0.1) is 0 Å². The third-order valence-corrected chi connectivity index (χ3v) is 4.86. The van der Waals surface area contributed by atoms with Crippen molar-refractivity contribution in [1.82, 2.24) is 10.7 Å². The smallest absolute Gasteiger partial charge is 0.287 e. The molecule has 0 unspecified atom stereocenters. The Hall–Kier alpha value is -4.79. The lowest BCUT2D eigenvalue weighted by molar-refractivity contribution is -0.117. The second-order valence-electron chi connectivity index (χ2n) is 7.09. The summed E-state index contributed by atoms with van der Waals surface area (Å²) in [5.41, 5.74) is 3.66. The number of para-hydroxylation sites is 1. The summed E-state index contributed by atoms with van der Waals surface area (Å²) in [6.07, 6.45) is 2.77. The topological polar surface area (TPSA) is 118 Å². The van der Waals surface area contributed by atoms with Crippen LogP contribution >= 0.6 is 0 Å². The van der Waals surface area contributed by atoms with Crippen LogP contribution in [0.5, 0.6) is 23.0 Å². The number of nitrogens with one attached hydrogen (secondary N) is 2. The highest BCUT2D eigenvalue weighted by Gasteiger charge is 2.17. The first kappa shape index (κ1) is 22.4. The first-order valence-electron chi connectivity index (χ1n) is 10.2. The number of hydrogen-bond donors (Lipinski definition) is 3. The zero-order chi connectivity index (χ0) is 23.9. The highest BCUT2D eigenvalue weighted by atomic mass is 16.7. The number of nitrogens with zero attached hydrogens (tertiary/aromatic N) is 1. The summed E-state index contributed by atoms with van der Waals surface area (Å²) >= 11 is 0. The number of phenols is 1. The van der Waals surface area contributed by atoms with E-state index in [1.54, 1.807) is 66.7 Å². The molecule has 34 heavy (non-hydrogen) atoms. The maximum Gasteiger partial charge on any atom is 0.287 e. The molecular weight excluding hydrogens is 438 g/mol. The number of fused-ring (bicyclic) bond motifs is 1. The Morgan fingerprint density at radius 1 is 1.03 bits per heavy atom. The average molecular weight is 459 g/mol. The monoisotopic (exact) mass is 459 g/mol. The van der Waals surface area contributed by atoms with E-state index in [-0.39, 0.29) is 24.0 Å². The zero-order valence-electron chi connectivity index (χ0n) is 18.1. The van der Waals surface area contributed by atoms with Gasteiger partial charge in [0.15, 0.2) is 23.0 Å². The number of carbonyl (C=O) groups excluding carboxylic acids is 2. The lowest BCUT2D eigenvalue weighted by Gasteiger charge is -2.10. The molecule has 0 atom stereocenters. The van der Waals surface area contributed by atoms with Crippen molar-refractivity contribution in [3.05, 3.63) is 89.1 Å². The van der Waals surface area contributed by atoms with Crippen molar-refractivity contribution < 1.29 is 28.9 Å². The van der Waals surface area contributed by atoms with Crippen LogP contribution in [0.15, 0.2) is 77.5 Å². The average Bonchev–Trinajstić information content (AvgIpc) is 3.33. The number of rotatable bonds is 7. The molecule has 0 aliphatic carbocycles. The fourth-order valence-corrected chi connectivity index (χ4v) is 3.14. The van der Waals surface area contributed by atoms with Gasteiger partial charge in [-0.15, -0.1) is 0 Å². The molecule has 3 N–H and O–H groups in total. The Labute approximate surface area is 195 Å². The Morgan fingerprint density at radius 2 is 1.82 bits per heavy atom. The first-order chi connectivity index (χ1) is 16.5. The largest absolute Gasteiger partial charge is 0.504 e. The quantitative estimate of drug-likeness (QED) is 0.284. The maximum atomic E-state index is 12.9. The summed E-state index contributed by atoms with van der Waals surface area (Å²) in [6.45, 7) is 0.117. The van der Waals surface area contributed by atoms with Gasteiger partial charge in [-0.25, -0.2) is 5.43 Å². The Morgan fingerprint density at radius 3 is 2.62 bits per heavy atom. The van der Waals surface area contributed by atoms with Crippen LogP contribution in [0.25, 0.3) is 6.08 Å². The molecule has 0 fully saturated rings. The summed E-state index contributed by atoms with van der Waals surface area (Å²) in [5.74, 6) is 0.164. The van der Waals surface area contributed by atoms with Gasteiger partial charge in [-0.05, 0) is 48.0 Å². The molecule has 9 nitrogen and oxygen atoms in total. The number of phenolic OH excluding ortho intramolecular Hbond substituents is 1. The van der Waals surface area contributed by atoms with Crippen LogP contribution in [-0.2, 0) is 4.79 Å². The molecule has 0 aromatic heterocycles. The van der Waals surface area contributed by atoms with Crippen molar-refractivity contribution in [2.75, 3.05) is 13.9 Å². The molecule has 0 saturated heterocycles. The summed E-state index contributed by atoms with van der Waals surface area (Å²) in [4.78, 5) is 25.6. The summed E-state index contributed by atoms with van der Waals surface area (Å²) in [7, 11) is 1.43. The van der Waals surface area contributed by atoms with E-state index >= 15 is 0 Å². The molecule has 172 valence electrons. The fraction of sp³-hybridized carbons (Fsp3) is 0.0800. The van der Waals surface area contributed by atoms with E-state index in [0.29, 0.717) is 28.2 Å². The number of hydrogen-bond acceptors (Lipinski definition) is 7. The number of methoxy groups -OCH3 is 1. The summed E-state index contributed by atoms with van der Waals surface area (Å²) in [6, 6.07) is 18.5.